The van der Waals surface area contributed by atoms with E-state index in [0.29, 0.717) is 0 Å². The van der Waals surface area contributed by atoms with Gasteiger partial charge in [-0.25, -0.2) is 0 Å². The van der Waals surface area contributed by atoms with Gasteiger partial charge in [-0.15, -0.1) is 0 Å². The molecule has 0 saturated carbocycles. The van der Waals surface area contributed by atoms with Crippen molar-refractivity contribution in [3.8, 4) is 0 Å². The van der Waals surface area contributed by atoms with Gasteiger partial charge in [0.15, 0.2) is 0 Å². The van der Waals surface area contributed by atoms with Crippen molar-refractivity contribution in [3.05, 3.63) is 34.9 Å². The molecule has 3 heteroatoms. The summed E-state index contributed by atoms with van der Waals surface area (Å²) < 4.78 is 0. The van der Waals surface area contributed by atoms with Crippen LogP contribution in [0.25, 0.3) is 0 Å². The van der Waals surface area contributed by atoms with Crippen molar-refractivity contribution in [1.82, 2.24) is 4.90 Å². The number of rotatable bonds is 6. The number of likely N-dealkylation sites (tertiary alicyclic amines) is 1. The molecule has 1 aromatic carbocycles. The highest BCUT2D eigenvalue weighted by Gasteiger charge is 2.36. The average molecular weight is 289 g/mol. The fourth-order valence-electron chi connectivity index (χ4n) is 3.52. The molecule has 2 atom stereocenters. The molecule has 0 aliphatic carbocycles. The van der Waals surface area contributed by atoms with E-state index in [4.69, 9.17) is 0 Å². The third-order valence-electron chi connectivity index (χ3n) is 4.60. The second kappa shape index (κ2) is 7.08. The van der Waals surface area contributed by atoms with Gasteiger partial charge in [0.05, 0.1) is 0 Å². The SMILES string of the molecule is CCCCC(c1ccc(C)cc1C)N1CCCC1C(=O)O. The molecule has 0 aromatic heterocycles. The van der Waals surface area contributed by atoms with E-state index in [0.717, 1.165) is 38.6 Å². The normalized spacial score (nSPS) is 20.6. The predicted octanol–water partition coefficient (Wildman–Crippen LogP) is 4.08. The fourth-order valence-corrected chi connectivity index (χ4v) is 3.52. The second-order valence-electron chi connectivity index (χ2n) is 6.25. The van der Waals surface area contributed by atoms with Crippen molar-refractivity contribution in [2.45, 2.75) is 65.0 Å². The largest absolute Gasteiger partial charge is 0.480 e. The van der Waals surface area contributed by atoms with Gasteiger partial charge in [-0.3, -0.25) is 9.69 Å². The molecule has 0 radical (unpaired) electrons. The van der Waals surface area contributed by atoms with Crippen LogP contribution in [0.2, 0.25) is 0 Å². The molecule has 1 N–H and O–H groups in total. The highest BCUT2D eigenvalue weighted by atomic mass is 16.4. The lowest BCUT2D eigenvalue weighted by molar-refractivity contribution is -0.143. The van der Waals surface area contributed by atoms with Gasteiger partial charge >= 0.3 is 5.97 Å². The Morgan fingerprint density at radius 1 is 1.43 bits per heavy atom. The summed E-state index contributed by atoms with van der Waals surface area (Å²) in [6.07, 6.45) is 5.10. The lowest BCUT2D eigenvalue weighted by atomic mass is 9.93. The van der Waals surface area contributed by atoms with Gasteiger partial charge in [0.2, 0.25) is 0 Å². The molecule has 1 aliphatic heterocycles. The van der Waals surface area contributed by atoms with Crippen molar-refractivity contribution >= 4 is 5.97 Å². The molecule has 1 saturated heterocycles. The quantitative estimate of drug-likeness (QED) is 0.857. The van der Waals surface area contributed by atoms with Crippen molar-refractivity contribution < 1.29 is 9.90 Å². The fraction of sp³-hybridized carbons (Fsp3) is 0.611. The van der Waals surface area contributed by atoms with Crippen LogP contribution in [-0.4, -0.2) is 28.6 Å². The van der Waals surface area contributed by atoms with Crippen LogP contribution in [0.3, 0.4) is 0 Å². The zero-order valence-electron chi connectivity index (χ0n) is 13.4. The van der Waals surface area contributed by atoms with Crippen molar-refractivity contribution in [2.24, 2.45) is 0 Å². The Morgan fingerprint density at radius 3 is 2.81 bits per heavy atom. The molecule has 1 aliphatic rings. The maximum atomic E-state index is 11.5. The van der Waals surface area contributed by atoms with Crippen LogP contribution in [0.5, 0.6) is 0 Å². The molecule has 2 unspecified atom stereocenters. The zero-order chi connectivity index (χ0) is 15.4. The summed E-state index contributed by atoms with van der Waals surface area (Å²) in [5.74, 6) is -0.668. The summed E-state index contributed by atoms with van der Waals surface area (Å²) >= 11 is 0. The number of nitrogens with zero attached hydrogens (tertiary/aromatic N) is 1. The zero-order valence-corrected chi connectivity index (χ0v) is 13.4. The molecular weight excluding hydrogens is 262 g/mol. The van der Waals surface area contributed by atoms with Gasteiger partial charge in [-0.05, 0) is 50.8 Å². The van der Waals surface area contributed by atoms with E-state index in [-0.39, 0.29) is 12.1 Å². The number of benzene rings is 1. The van der Waals surface area contributed by atoms with Crippen LogP contribution < -0.4 is 0 Å². The Balaban J connectivity index is 2.31. The summed E-state index contributed by atoms with van der Waals surface area (Å²) in [6, 6.07) is 6.48. The molecule has 1 aromatic rings. The van der Waals surface area contributed by atoms with E-state index in [9.17, 15) is 9.90 Å². The Hall–Kier alpha value is -1.35. The second-order valence-corrected chi connectivity index (χ2v) is 6.25. The smallest absolute Gasteiger partial charge is 0.320 e. The average Bonchev–Trinajstić information content (AvgIpc) is 2.90. The first-order valence-electron chi connectivity index (χ1n) is 8.10. The highest BCUT2D eigenvalue weighted by molar-refractivity contribution is 5.74. The van der Waals surface area contributed by atoms with Gasteiger partial charge in [0, 0.05) is 6.04 Å². The van der Waals surface area contributed by atoms with Crippen molar-refractivity contribution in [2.75, 3.05) is 6.54 Å². The summed E-state index contributed by atoms with van der Waals surface area (Å²) in [7, 11) is 0. The summed E-state index contributed by atoms with van der Waals surface area (Å²) in [5, 5.41) is 9.48. The molecule has 0 spiro atoms. The molecule has 0 bridgehead atoms. The van der Waals surface area contributed by atoms with E-state index >= 15 is 0 Å². The van der Waals surface area contributed by atoms with Crippen LogP contribution in [0.15, 0.2) is 18.2 Å². The number of carboxylic acid groups (broad SMARTS) is 1. The van der Waals surface area contributed by atoms with Crippen LogP contribution >= 0.6 is 0 Å². The van der Waals surface area contributed by atoms with Crippen LogP contribution in [-0.2, 0) is 4.79 Å². The first-order valence-corrected chi connectivity index (χ1v) is 8.10. The van der Waals surface area contributed by atoms with E-state index in [1.807, 2.05) is 0 Å². The van der Waals surface area contributed by atoms with Crippen LogP contribution in [0, 0.1) is 13.8 Å². The predicted molar refractivity (Wildman–Crippen MR) is 85.5 cm³/mol. The maximum absolute atomic E-state index is 11.5. The number of carbonyl (C=O) groups is 1. The topological polar surface area (TPSA) is 40.5 Å². The van der Waals surface area contributed by atoms with Gasteiger partial charge in [0.1, 0.15) is 6.04 Å². The molecule has 21 heavy (non-hydrogen) atoms. The Labute approximate surface area is 128 Å². The molecule has 1 heterocycles. The molecule has 3 nitrogen and oxygen atoms in total. The van der Waals surface area contributed by atoms with Crippen LogP contribution in [0.4, 0.5) is 0 Å². The molecular formula is C18H27NO2. The minimum Gasteiger partial charge on any atom is -0.480 e. The number of carboxylic acids is 1. The Kier molecular flexibility index (Phi) is 5.40. The van der Waals surface area contributed by atoms with E-state index in [1.165, 1.54) is 16.7 Å². The first kappa shape index (κ1) is 16.0. The third kappa shape index (κ3) is 3.65. The molecule has 1 fully saturated rings. The number of hydrogen-bond acceptors (Lipinski definition) is 2. The molecule has 2 rings (SSSR count). The summed E-state index contributed by atoms with van der Waals surface area (Å²) in [5.41, 5.74) is 3.86. The molecule has 0 amide bonds. The summed E-state index contributed by atoms with van der Waals surface area (Å²) in [6.45, 7) is 7.34. The van der Waals surface area contributed by atoms with Gasteiger partial charge in [-0.2, -0.15) is 0 Å². The minimum absolute atomic E-state index is 0.245. The van der Waals surface area contributed by atoms with E-state index in [2.05, 4.69) is 43.9 Å². The first-order chi connectivity index (χ1) is 10.0. The number of unbranched alkanes of at least 4 members (excludes halogenated alkanes) is 1. The van der Waals surface area contributed by atoms with Gasteiger partial charge in [-0.1, -0.05) is 43.5 Å². The number of aryl methyl sites for hydroxylation is 2. The van der Waals surface area contributed by atoms with E-state index in [1.54, 1.807) is 0 Å². The van der Waals surface area contributed by atoms with Crippen molar-refractivity contribution in [3.63, 3.8) is 0 Å². The van der Waals surface area contributed by atoms with Gasteiger partial charge < -0.3 is 5.11 Å². The standard InChI is InChI=1S/C18H27NO2/c1-4-5-7-16(15-10-9-13(2)12-14(15)3)19-11-6-8-17(19)18(20)21/h9-10,12,16-17H,4-8,11H2,1-3H3,(H,20,21). The molecule has 116 valence electrons. The monoisotopic (exact) mass is 289 g/mol. The Bertz CT molecular complexity index is 498. The third-order valence-corrected chi connectivity index (χ3v) is 4.60. The van der Waals surface area contributed by atoms with Gasteiger partial charge in [0.25, 0.3) is 0 Å². The number of aliphatic carboxylic acids is 1. The highest BCUT2D eigenvalue weighted by Crippen LogP contribution is 2.35. The maximum Gasteiger partial charge on any atom is 0.320 e. The lowest BCUT2D eigenvalue weighted by Gasteiger charge is -2.32. The van der Waals surface area contributed by atoms with Crippen LogP contribution in [0.1, 0.15) is 61.8 Å². The summed E-state index contributed by atoms with van der Waals surface area (Å²) in [4.78, 5) is 13.7. The lowest BCUT2D eigenvalue weighted by Crippen LogP contribution is -2.39. The van der Waals surface area contributed by atoms with Crippen molar-refractivity contribution in [1.29, 1.82) is 0 Å². The minimum atomic E-state index is -0.668. The number of hydrogen-bond donors (Lipinski definition) is 1. The van der Waals surface area contributed by atoms with E-state index < -0.39 is 5.97 Å². The Morgan fingerprint density at radius 2 is 2.19 bits per heavy atom.